The summed E-state index contributed by atoms with van der Waals surface area (Å²) in [6.45, 7) is 1.01. The monoisotopic (exact) mass is 410 g/mol. The number of aromatic nitrogens is 2. The number of amides is 2. The summed E-state index contributed by atoms with van der Waals surface area (Å²) >= 11 is 0. The zero-order chi connectivity index (χ0) is 20.7. The lowest BCUT2D eigenvalue weighted by Crippen LogP contribution is -2.40. The van der Waals surface area contributed by atoms with Gasteiger partial charge in [0.1, 0.15) is 5.75 Å². The van der Waals surface area contributed by atoms with Crippen LogP contribution < -0.4 is 10.1 Å². The molecule has 2 atom stereocenters. The number of ether oxygens (including phenoxy) is 1. The Morgan fingerprint density at radius 3 is 2.80 bits per heavy atom. The van der Waals surface area contributed by atoms with Crippen molar-refractivity contribution in [3.63, 3.8) is 0 Å². The molecule has 2 amide bonds. The molecule has 1 aliphatic heterocycles. The van der Waals surface area contributed by atoms with E-state index < -0.39 is 11.8 Å². The van der Waals surface area contributed by atoms with E-state index >= 15 is 0 Å². The molecule has 2 heterocycles. The normalized spacial score (nSPS) is 25.2. The van der Waals surface area contributed by atoms with E-state index in [1.807, 2.05) is 0 Å². The van der Waals surface area contributed by atoms with Crippen LogP contribution in [0, 0.1) is 11.8 Å². The number of nitrogens with one attached hydrogen (secondary N) is 1. The first kappa shape index (κ1) is 19.1. The molecule has 1 saturated heterocycles. The standard InChI is InChI=1S/C22H26N4O4/c1-29-17-8-6-16(7-9-17)23-19(27)20(28)26-12-15-3-2-10-22(15,13-26)21-24-18(25-30-21)11-14-4-5-14/h6-9,14-15H,2-5,10-13H2,1H3,(H,23,27)/t15-,22-/m1/s1. The van der Waals surface area contributed by atoms with Crippen molar-refractivity contribution in [3.05, 3.63) is 36.0 Å². The fourth-order valence-electron chi connectivity index (χ4n) is 4.92. The maximum atomic E-state index is 12.9. The summed E-state index contributed by atoms with van der Waals surface area (Å²) in [7, 11) is 1.58. The molecule has 30 heavy (non-hydrogen) atoms. The smallest absolute Gasteiger partial charge is 0.313 e. The van der Waals surface area contributed by atoms with Crippen LogP contribution in [0.4, 0.5) is 5.69 Å². The van der Waals surface area contributed by atoms with Gasteiger partial charge in [-0.25, -0.2) is 0 Å². The lowest BCUT2D eigenvalue weighted by atomic mass is 9.80. The first-order valence-electron chi connectivity index (χ1n) is 10.6. The van der Waals surface area contributed by atoms with Crippen molar-refractivity contribution in [2.24, 2.45) is 11.8 Å². The van der Waals surface area contributed by atoms with Gasteiger partial charge in [0.2, 0.25) is 5.89 Å². The summed E-state index contributed by atoms with van der Waals surface area (Å²) in [6.07, 6.45) is 6.34. The number of carbonyl (C=O) groups excluding carboxylic acids is 2. The van der Waals surface area contributed by atoms with Gasteiger partial charge in [-0.1, -0.05) is 11.6 Å². The summed E-state index contributed by atoms with van der Waals surface area (Å²) in [6, 6.07) is 6.91. The van der Waals surface area contributed by atoms with E-state index in [1.165, 1.54) is 12.8 Å². The first-order chi connectivity index (χ1) is 14.6. The quantitative estimate of drug-likeness (QED) is 0.761. The molecule has 0 radical (unpaired) electrons. The second kappa shape index (κ2) is 7.41. The minimum Gasteiger partial charge on any atom is -0.497 e. The Bertz CT molecular complexity index is 952. The van der Waals surface area contributed by atoms with E-state index in [0.717, 1.165) is 31.5 Å². The zero-order valence-electron chi connectivity index (χ0n) is 17.1. The number of methoxy groups -OCH3 is 1. The third kappa shape index (κ3) is 3.44. The molecule has 2 aromatic rings. The number of likely N-dealkylation sites (tertiary alicyclic amines) is 1. The van der Waals surface area contributed by atoms with E-state index in [4.69, 9.17) is 14.2 Å². The van der Waals surface area contributed by atoms with E-state index in [0.29, 0.717) is 36.3 Å². The lowest BCUT2D eigenvalue weighted by molar-refractivity contribution is -0.142. The van der Waals surface area contributed by atoms with E-state index in [1.54, 1.807) is 36.3 Å². The van der Waals surface area contributed by atoms with Gasteiger partial charge in [-0.2, -0.15) is 4.98 Å². The Morgan fingerprint density at radius 2 is 2.07 bits per heavy atom. The van der Waals surface area contributed by atoms with Crippen molar-refractivity contribution in [1.29, 1.82) is 0 Å². The second-order valence-electron chi connectivity index (χ2n) is 8.78. The van der Waals surface area contributed by atoms with Gasteiger partial charge in [0, 0.05) is 25.2 Å². The number of rotatable bonds is 5. The highest BCUT2D eigenvalue weighted by Crippen LogP contribution is 2.50. The van der Waals surface area contributed by atoms with Gasteiger partial charge in [0.05, 0.1) is 12.5 Å². The predicted molar refractivity (Wildman–Crippen MR) is 108 cm³/mol. The molecule has 0 spiro atoms. The van der Waals surface area contributed by atoms with Crippen molar-refractivity contribution in [2.75, 3.05) is 25.5 Å². The Kier molecular flexibility index (Phi) is 4.72. The van der Waals surface area contributed by atoms with Crippen LogP contribution in [0.25, 0.3) is 0 Å². The Balaban J connectivity index is 1.28. The lowest BCUT2D eigenvalue weighted by Gasteiger charge is -2.24. The Hall–Kier alpha value is -2.90. The topological polar surface area (TPSA) is 97.6 Å². The van der Waals surface area contributed by atoms with Crippen LogP contribution in [0.3, 0.4) is 0 Å². The zero-order valence-corrected chi connectivity index (χ0v) is 17.1. The Labute approximate surface area is 175 Å². The average Bonchev–Trinajstić information content (AvgIpc) is 3.13. The fourth-order valence-corrected chi connectivity index (χ4v) is 4.92. The van der Waals surface area contributed by atoms with Gasteiger partial charge >= 0.3 is 11.8 Å². The highest BCUT2D eigenvalue weighted by molar-refractivity contribution is 6.39. The summed E-state index contributed by atoms with van der Waals surface area (Å²) < 4.78 is 10.8. The molecule has 0 unspecified atom stereocenters. The SMILES string of the molecule is COc1ccc(NC(=O)C(=O)N2C[C@H]3CCC[C@@]3(c3nc(CC4CC4)no3)C2)cc1. The van der Waals surface area contributed by atoms with Gasteiger partial charge in [-0.15, -0.1) is 0 Å². The van der Waals surface area contributed by atoms with Crippen LogP contribution in [0.1, 0.15) is 43.8 Å². The van der Waals surface area contributed by atoms with Crippen molar-refractivity contribution in [1.82, 2.24) is 15.0 Å². The van der Waals surface area contributed by atoms with E-state index in [-0.39, 0.29) is 11.3 Å². The van der Waals surface area contributed by atoms with Gasteiger partial charge in [0.25, 0.3) is 0 Å². The summed E-state index contributed by atoms with van der Waals surface area (Å²) in [4.78, 5) is 31.8. The summed E-state index contributed by atoms with van der Waals surface area (Å²) in [5.41, 5.74) is 0.245. The van der Waals surface area contributed by atoms with E-state index in [9.17, 15) is 9.59 Å². The molecule has 3 aliphatic rings. The molecule has 1 aromatic carbocycles. The third-order valence-corrected chi connectivity index (χ3v) is 6.76. The molecule has 1 aromatic heterocycles. The number of benzene rings is 1. The van der Waals surface area contributed by atoms with Gasteiger partial charge in [0.15, 0.2) is 5.82 Å². The minimum atomic E-state index is -0.629. The average molecular weight is 410 g/mol. The minimum absolute atomic E-state index is 0.254. The molecule has 0 bridgehead atoms. The molecule has 8 nitrogen and oxygen atoms in total. The predicted octanol–water partition coefficient (Wildman–Crippen LogP) is 2.55. The molecule has 5 rings (SSSR count). The molecule has 3 fully saturated rings. The van der Waals surface area contributed by atoms with Crippen molar-refractivity contribution in [3.8, 4) is 5.75 Å². The molecule has 158 valence electrons. The summed E-state index contributed by atoms with van der Waals surface area (Å²) in [5.74, 6) is 1.91. The van der Waals surface area contributed by atoms with Crippen molar-refractivity contribution < 1.29 is 18.8 Å². The van der Waals surface area contributed by atoms with Crippen LogP contribution in [0.2, 0.25) is 0 Å². The maximum absolute atomic E-state index is 12.9. The van der Waals surface area contributed by atoms with E-state index in [2.05, 4.69) is 10.5 Å². The first-order valence-corrected chi connectivity index (χ1v) is 10.6. The van der Waals surface area contributed by atoms with Crippen LogP contribution in [0.5, 0.6) is 5.75 Å². The largest absolute Gasteiger partial charge is 0.497 e. The third-order valence-electron chi connectivity index (χ3n) is 6.76. The highest BCUT2D eigenvalue weighted by atomic mass is 16.5. The molecular weight excluding hydrogens is 384 g/mol. The van der Waals surface area contributed by atoms with Crippen LogP contribution in [-0.4, -0.2) is 47.1 Å². The fraction of sp³-hybridized carbons (Fsp3) is 0.545. The Morgan fingerprint density at radius 1 is 1.27 bits per heavy atom. The molecule has 2 saturated carbocycles. The van der Waals surface area contributed by atoms with Gasteiger partial charge in [-0.3, -0.25) is 9.59 Å². The number of hydrogen-bond acceptors (Lipinski definition) is 6. The number of anilines is 1. The van der Waals surface area contributed by atoms with Crippen molar-refractivity contribution in [2.45, 2.75) is 43.9 Å². The molecule has 8 heteroatoms. The highest BCUT2D eigenvalue weighted by Gasteiger charge is 2.55. The molecule has 1 N–H and O–H groups in total. The van der Waals surface area contributed by atoms with Crippen molar-refractivity contribution >= 4 is 17.5 Å². The van der Waals surface area contributed by atoms with Gasteiger partial charge in [-0.05, 0) is 61.8 Å². The maximum Gasteiger partial charge on any atom is 0.313 e. The molecular formula is C22H26N4O4. The number of carbonyl (C=O) groups is 2. The number of hydrogen-bond donors (Lipinski definition) is 1. The van der Waals surface area contributed by atoms with Crippen LogP contribution in [-0.2, 0) is 21.4 Å². The van der Waals surface area contributed by atoms with Crippen LogP contribution >= 0.6 is 0 Å². The second-order valence-corrected chi connectivity index (χ2v) is 8.78. The molecule has 2 aliphatic carbocycles. The number of nitrogens with zero attached hydrogens (tertiary/aromatic N) is 3. The summed E-state index contributed by atoms with van der Waals surface area (Å²) in [5, 5.41) is 6.88. The number of fused-ring (bicyclic) bond motifs is 1. The van der Waals surface area contributed by atoms with Crippen LogP contribution in [0.15, 0.2) is 28.8 Å². The van der Waals surface area contributed by atoms with Gasteiger partial charge < -0.3 is 19.5 Å².